The van der Waals surface area contributed by atoms with Crippen LogP contribution in [0.2, 0.25) is 0 Å². The Morgan fingerprint density at radius 2 is 1.96 bits per heavy atom. The molecule has 0 saturated carbocycles. The molecule has 2 aromatic rings. The molecule has 0 radical (unpaired) electrons. The number of carbonyl (C=O) groups is 1. The van der Waals surface area contributed by atoms with Crippen LogP contribution < -0.4 is 10.2 Å². The summed E-state index contributed by atoms with van der Waals surface area (Å²) in [4.78, 5) is 11.7. The van der Waals surface area contributed by atoms with Crippen LogP contribution in [0.4, 0.5) is 0 Å². The first-order valence-corrected chi connectivity index (χ1v) is 7.05. The van der Waals surface area contributed by atoms with Gasteiger partial charge in [0.2, 0.25) is 5.91 Å². The molecule has 0 unspecified atom stereocenters. The largest absolute Gasteiger partial charge is 0.508 e. The zero-order valence-electron chi connectivity index (χ0n) is 12.7. The monoisotopic (exact) mass is 314 g/mol. The number of hydrogen-bond donors (Lipinski definition) is 3. The summed E-state index contributed by atoms with van der Waals surface area (Å²) < 4.78 is 4.99. The predicted molar refractivity (Wildman–Crippen MR) is 86.8 cm³/mol. The molecule has 0 bridgehead atoms. The summed E-state index contributed by atoms with van der Waals surface area (Å²) in [6.45, 7) is 0. The van der Waals surface area contributed by atoms with Crippen molar-refractivity contribution in [2.24, 2.45) is 5.10 Å². The van der Waals surface area contributed by atoms with Crippen LogP contribution in [0.15, 0.2) is 47.6 Å². The number of aryl methyl sites for hydroxylation is 1. The standard InChI is InChI=1S/C17H18N2O4/c1-23-16-10-13(4-8-15(16)21)11-18-19-17(22)9-5-12-2-6-14(20)7-3-12/h2-4,6-8,10-11,20-21H,5,9H2,1H3,(H,19,22). The Morgan fingerprint density at radius 3 is 2.65 bits per heavy atom. The number of ether oxygens (including phenoxy) is 1. The summed E-state index contributed by atoms with van der Waals surface area (Å²) in [6.07, 6.45) is 2.33. The first kappa shape index (κ1) is 16.4. The third-order valence-corrected chi connectivity index (χ3v) is 3.18. The molecule has 6 nitrogen and oxygen atoms in total. The number of phenols is 2. The maximum Gasteiger partial charge on any atom is 0.240 e. The molecule has 2 rings (SSSR count). The number of hydrogen-bond acceptors (Lipinski definition) is 5. The Bertz CT molecular complexity index is 696. The highest BCUT2D eigenvalue weighted by atomic mass is 16.5. The van der Waals surface area contributed by atoms with E-state index in [0.29, 0.717) is 24.2 Å². The predicted octanol–water partition coefficient (Wildman–Crippen LogP) is 2.19. The van der Waals surface area contributed by atoms with Crippen LogP contribution in [0.25, 0.3) is 0 Å². The first-order valence-electron chi connectivity index (χ1n) is 7.05. The molecule has 0 aliphatic carbocycles. The summed E-state index contributed by atoms with van der Waals surface area (Å²) >= 11 is 0. The summed E-state index contributed by atoms with van der Waals surface area (Å²) in [6, 6.07) is 11.5. The maximum atomic E-state index is 11.7. The van der Waals surface area contributed by atoms with Gasteiger partial charge in [0.1, 0.15) is 5.75 Å². The molecule has 0 aromatic heterocycles. The van der Waals surface area contributed by atoms with Gasteiger partial charge in [-0.25, -0.2) is 5.43 Å². The van der Waals surface area contributed by atoms with Crippen LogP contribution >= 0.6 is 0 Å². The number of carbonyl (C=O) groups excluding carboxylic acids is 1. The minimum absolute atomic E-state index is 0.0441. The van der Waals surface area contributed by atoms with Gasteiger partial charge in [-0.3, -0.25) is 4.79 Å². The smallest absolute Gasteiger partial charge is 0.240 e. The first-order chi connectivity index (χ1) is 11.1. The van der Waals surface area contributed by atoms with Crippen LogP contribution in [0.5, 0.6) is 17.2 Å². The SMILES string of the molecule is COc1cc(C=NNC(=O)CCc2ccc(O)cc2)ccc1O. The van der Waals surface area contributed by atoms with Crippen LogP contribution in [0.1, 0.15) is 17.5 Å². The van der Waals surface area contributed by atoms with E-state index in [1.807, 2.05) is 0 Å². The molecule has 6 heteroatoms. The number of methoxy groups -OCH3 is 1. The van der Waals surface area contributed by atoms with E-state index in [4.69, 9.17) is 4.74 Å². The van der Waals surface area contributed by atoms with Gasteiger partial charge in [-0.15, -0.1) is 0 Å². The van der Waals surface area contributed by atoms with Gasteiger partial charge in [0.15, 0.2) is 11.5 Å². The van der Waals surface area contributed by atoms with Gasteiger partial charge in [0.05, 0.1) is 13.3 Å². The average molecular weight is 314 g/mol. The number of benzene rings is 2. The van der Waals surface area contributed by atoms with Crippen LogP contribution in [0.3, 0.4) is 0 Å². The number of nitrogens with one attached hydrogen (secondary N) is 1. The van der Waals surface area contributed by atoms with Gasteiger partial charge in [-0.1, -0.05) is 12.1 Å². The molecule has 0 aliphatic rings. The van der Waals surface area contributed by atoms with E-state index >= 15 is 0 Å². The molecular formula is C17H18N2O4. The Morgan fingerprint density at radius 1 is 1.22 bits per heavy atom. The van der Waals surface area contributed by atoms with E-state index in [1.54, 1.807) is 36.4 Å². The molecule has 0 spiro atoms. The van der Waals surface area contributed by atoms with Gasteiger partial charge < -0.3 is 14.9 Å². The number of phenolic OH excluding ortho intramolecular Hbond substituents is 2. The van der Waals surface area contributed by atoms with Gasteiger partial charge >= 0.3 is 0 Å². The van der Waals surface area contributed by atoms with Crippen LogP contribution in [0, 0.1) is 0 Å². The molecule has 120 valence electrons. The van der Waals surface area contributed by atoms with Gasteiger partial charge in [0.25, 0.3) is 0 Å². The lowest BCUT2D eigenvalue weighted by molar-refractivity contribution is -0.121. The fourth-order valence-electron chi connectivity index (χ4n) is 1.93. The zero-order valence-corrected chi connectivity index (χ0v) is 12.7. The maximum absolute atomic E-state index is 11.7. The average Bonchev–Trinajstić information content (AvgIpc) is 2.56. The summed E-state index contributed by atoms with van der Waals surface area (Å²) in [5, 5.41) is 22.6. The molecule has 2 aromatic carbocycles. The van der Waals surface area contributed by atoms with Crippen molar-refractivity contribution in [2.75, 3.05) is 7.11 Å². The van der Waals surface area contributed by atoms with Crippen molar-refractivity contribution in [1.29, 1.82) is 0 Å². The summed E-state index contributed by atoms with van der Waals surface area (Å²) in [5.74, 6) is 0.377. The van der Waals surface area contributed by atoms with Crippen molar-refractivity contribution >= 4 is 12.1 Å². The molecule has 0 atom stereocenters. The van der Waals surface area contributed by atoms with E-state index in [9.17, 15) is 15.0 Å². The normalized spacial score (nSPS) is 10.7. The number of amides is 1. The Hall–Kier alpha value is -3.02. The fourth-order valence-corrected chi connectivity index (χ4v) is 1.93. The van der Waals surface area contributed by atoms with Gasteiger partial charge in [-0.2, -0.15) is 5.10 Å². The van der Waals surface area contributed by atoms with Crippen molar-refractivity contribution in [3.8, 4) is 17.2 Å². The number of aromatic hydroxyl groups is 2. The Kier molecular flexibility index (Phi) is 5.57. The third kappa shape index (κ3) is 5.03. The summed E-state index contributed by atoms with van der Waals surface area (Å²) in [7, 11) is 1.46. The third-order valence-electron chi connectivity index (χ3n) is 3.18. The second-order valence-corrected chi connectivity index (χ2v) is 4.89. The molecule has 23 heavy (non-hydrogen) atoms. The van der Waals surface area contributed by atoms with Gasteiger partial charge in [0, 0.05) is 6.42 Å². The highest BCUT2D eigenvalue weighted by Gasteiger charge is 2.02. The van der Waals surface area contributed by atoms with E-state index in [2.05, 4.69) is 10.5 Å². The topological polar surface area (TPSA) is 91.2 Å². The molecule has 0 saturated heterocycles. The second-order valence-electron chi connectivity index (χ2n) is 4.89. The lowest BCUT2D eigenvalue weighted by Gasteiger charge is -2.04. The van der Waals surface area contributed by atoms with E-state index in [0.717, 1.165) is 5.56 Å². The highest BCUT2D eigenvalue weighted by Crippen LogP contribution is 2.25. The van der Waals surface area contributed by atoms with E-state index < -0.39 is 0 Å². The molecule has 1 amide bonds. The lowest BCUT2D eigenvalue weighted by Crippen LogP contribution is -2.17. The number of hydrazone groups is 1. The quantitative estimate of drug-likeness (QED) is 0.563. The Balaban J connectivity index is 1.82. The van der Waals surface area contributed by atoms with Crippen LogP contribution in [-0.4, -0.2) is 29.4 Å². The molecule has 0 heterocycles. The Labute approximate surface area is 134 Å². The number of nitrogens with zero attached hydrogens (tertiary/aromatic N) is 1. The fraction of sp³-hybridized carbons (Fsp3) is 0.176. The van der Waals surface area contributed by atoms with Crippen LogP contribution in [-0.2, 0) is 11.2 Å². The minimum Gasteiger partial charge on any atom is -0.508 e. The molecule has 0 aliphatic heterocycles. The van der Waals surface area contributed by atoms with Crippen molar-refractivity contribution < 1.29 is 19.7 Å². The number of rotatable bonds is 6. The summed E-state index contributed by atoms with van der Waals surface area (Å²) in [5.41, 5.74) is 4.10. The van der Waals surface area contributed by atoms with Crippen molar-refractivity contribution in [2.45, 2.75) is 12.8 Å². The minimum atomic E-state index is -0.208. The lowest BCUT2D eigenvalue weighted by atomic mass is 10.1. The van der Waals surface area contributed by atoms with Crippen molar-refractivity contribution in [1.82, 2.24) is 5.43 Å². The molecular weight excluding hydrogens is 296 g/mol. The van der Waals surface area contributed by atoms with E-state index in [-0.39, 0.29) is 17.4 Å². The second kappa shape index (κ2) is 7.84. The van der Waals surface area contributed by atoms with E-state index in [1.165, 1.54) is 19.4 Å². The highest BCUT2D eigenvalue weighted by molar-refractivity contribution is 5.83. The van der Waals surface area contributed by atoms with Crippen molar-refractivity contribution in [3.63, 3.8) is 0 Å². The van der Waals surface area contributed by atoms with Gasteiger partial charge in [-0.05, 0) is 47.9 Å². The molecule has 3 N–H and O–H groups in total. The zero-order chi connectivity index (χ0) is 16.7. The van der Waals surface area contributed by atoms with Crippen molar-refractivity contribution in [3.05, 3.63) is 53.6 Å². The molecule has 0 fully saturated rings.